The maximum Gasteiger partial charge on any atom is 0.287 e. The molecule has 0 saturated heterocycles. The molecular formula is C26H23N3O5. The van der Waals surface area contributed by atoms with Crippen molar-refractivity contribution in [2.75, 3.05) is 13.4 Å². The number of nitrogens with zero attached hydrogens (tertiary/aromatic N) is 1. The topological polar surface area (TPSA) is 98.2 Å². The van der Waals surface area contributed by atoms with Crippen LogP contribution in [0.1, 0.15) is 28.4 Å². The van der Waals surface area contributed by atoms with E-state index >= 15 is 0 Å². The van der Waals surface area contributed by atoms with Crippen LogP contribution in [0, 0.1) is 0 Å². The summed E-state index contributed by atoms with van der Waals surface area (Å²) >= 11 is 0. The van der Waals surface area contributed by atoms with Crippen molar-refractivity contribution in [3.05, 3.63) is 95.2 Å². The van der Waals surface area contributed by atoms with Gasteiger partial charge < -0.3 is 19.5 Å². The molecule has 3 aromatic rings. The van der Waals surface area contributed by atoms with Gasteiger partial charge in [0.25, 0.3) is 11.8 Å². The van der Waals surface area contributed by atoms with Crippen LogP contribution in [0.4, 0.5) is 0 Å². The van der Waals surface area contributed by atoms with E-state index in [1.54, 1.807) is 48.5 Å². The van der Waals surface area contributed by atoms with Crippen molar-refractivity contribution in [1.29, 1.82) is 0 Å². The summed E-state index contributed by atoms with van der Waals surface area (Å²) in [4.78, 5) is 25.6. The van der Waals surface area contributed by atoms with E-state index in [2.05, 4.69) is 15.8 Å². The molecular weight excluding hydrogens is 434 g/mol. The van der Waals surface area contributed by atoms with E-state index in [-0.39, 0.29) is 12.5 Å². The Hall–Kier alpha value is -4.59. The normalized spacial score (nSPS) is 12.4. The SMILES string of the molecule is CCOc1ccc(C=NNC(=O)C(=Cc2ccc3c(c2)OCO3)NC(=O)c2ccccc2)cc1. The number of benzene rings is 3. The van der Waals surface area contributed by atoms with Crippen molar-refractivity contribution in [3.63, 3.8) is 0 Å². The lowest BCUT2D eigenvalue weighted by atomic mass is 10.1. The van der Waals surface area contributed by atoms with Crippen LogP contribution >= 0.6 is 0 Å². The van der Waals surface area contributed by atoms with Gasteiger partial charge in [0.2, 0.25) is 6.79 Å². The van der Waals surface area contributed by atoms with E-state index in [4.69, 9.17) is 14.2 Å². The molecule has 0 fully saturated rings. The largest absolute Gasteiger partial charge is 0.494 e. The fourth-order valence-electron chi connectivity index (χ4n) is 3.15. The second kappa shape index (κ2) is 10.8. The summed E-state index contributed by atoms with van der Waals surface area (Å²) in [5.74, 6) is 0.941. The van der Waals surface area contributed by atoms with E-state index in [0.717, 1.165) is 11.3 Å². The van der Waals surface area contributed by atoms with Crippen LogP contribution in [0.15, 0.2) is 83.6 Å². The van der Waals surface area contributed by atoms with Crippen molar-refractivity contribution >= 4 is 24.1 Å². The Labute approximate surface area is 196 Å². The first-order valence-electron chi connectivity index (χ1n) is 10.7. The molecule has 0 atom stereocenters. The van der Waals surface area contributed by atoms with Crippen molar-refractivity contribution in [1.82, 2.24) is 10.7 Å². The molecule has 0 bridgehead atoms. The molecule has 0 saturated carbocycles. The number of ether oxygens (including phenoxy) is 3. The van der Waals surface area contributed by atoms with E-state index in [1.807, 2.05) is 37.3 Å². The average molecular weight is 457 g/mol. The first-order valence-corrected chi connectivity index (χ1v) is 10.7. The number of hydrogen-bond donors (Lipinski definition) is 2. The van der Waals surface area contributed by atoms with Crippen molar-refractivity contribution in [2.24, 2.45) is 5.10 Å². The molecule has 1 aliphatic rings. The van der Waals surface area contributed by atoms with Crippen molar-refractivity contribution in [2.45, 2.75) is 6.92 Å². The molecule has 172 valence electrons. The van der Waals surface area contributed by atoms with Gasteiger partial charge in [-0.25, -0.2) is 5.43 Å². The molecule has 8 nitrogen and oxygen atoms in total. The van der Waals surface area contributed by atoms with Crippen LogP contribution in [-0.2, 0) is 4.79 Å². The molecule has 2 N–H and O–H groups in total. The van der Waals surface area contributed by atoms with E-state index in [9.17, 15) is 9.59 Å². The fourth-order valence-corrected chi connectivity index (χ4v) is 3.15. The number of amides is 2. The molecule has 4 rings (SSSR count). The molecule has 2 amide bonds. The molecule has 0 spiro atoms. The van der Waals surface area contributed by atoms with Crippen LogP contribution in [0.5, 0.6) is 17.2 Å². The second-order valence-corrected chi connectivity index (χ2v) is 7.19. The lowest BCUT2D eigenvalue weighted by Gasteiger charge is -2.09. The number of rotatable bonds is 8. The number of nitrogens with one attached hydrogen (secondary N) is 2. The number of carbonyl (C=O) groups excluding carboxylic acids is 2. The van der Waals surface area contributed by atoms with Gasteiger partial charge >= 0.3 is 0 Å². The molecule has 0 aliphatic carbocycles. The summed E-state index contributed by atoms with van der Waals surface area (Å²) in [6, 6.07) is 21.1. The van der Waals surface area contributed by atoms with Crippen LogP contribution in [0.25, 0.3) is 6.08 Å². The molecule has 34 heavy (non-hydrogen) atoms. The summed E-state index contributed by atoms with van der Waals surface area (Å²) < 4.78 is 16.1. The molecule has 0 aromatic heterocycles. The fraction of sp³-hybridized carbons (Fsp3) is 0.115. The highest BCUT2D eigenvalue weighted by Gasteiger charge is 2.16. The minimum Gasteiger partial charge on any atom is -0.494 e. The predicted octanol–water partition coefficient (Wildman–Crippen LogP) is 3.74. The Balaban J connectivity index is 1.51. The van der Waals surface area contributed by atoms with E-state index in [1.165, 1.54) is 6.21 Å². The van der Waals surface area contributed by atoms with Gasteiger partial charge in [-0.3, -0.25) is 9.59 Å². The smallest absolute Gasteiger partial charge is 0.287 e. The van der Waals surface area contributed by atoms with Gasteiger partial charge in [0, 0.05) is 5.56 Å². The van der Waals surface area contributed by atoms with Gasteiger partial charge in [0.15, 0.2) is 11.5 Å². The minimum absolute atomic E-state index is 0.0246. The molecule has 1 heterocycles. The summed E-state index contributed by atoms with van der Waals surface area (Å²) in [6.45, 7) is 2.63. The minimum atomic E-state index is -0.580. The summed E-state index contributed by atoms with van der Waals surface area (Å²) in [7, 11) is 0. The van der Waals surface area contributed by atoms with Gasteiger partial charge in [0.05, 0.1) is 12.8 Å². The van der Waals surface area contributed by atoms with Gasteiger partial charge in [0.1, 0.15) is 11.4 Å². The average Bonchev–Trinajstić information content (AvgIpc) is 3.33. The van der Waals surface area contributed by atoms with Crippen LogP contribution in [0.3, 0.4) is 0 Å². The summed E-state index contributed by atoms with van der Waals surface area (Å²) in [6.07, 6.45) is 3.05. The zero-order chi connectivity index (χ0) is 23.8. The van der Waals surface area contributed by atoms with E-state index in [0.29, 0.717) is 29.2 Å². The lowest BCUT2D eigenvalue weighted by molar-refractivity contribution is -0.117. The second-order valence-electron chi connectivity index (χ2n) is 7.19. The first-order chi connectivity index (χ1) is 16.6. The van der Waals surface area contributed by atoms with Crippen molar-refractivity contribution < 1.29 is 23.8 Å². The number of fused-ring (bicyclic) bond motifs is 1. The summed E-state index contributed by atoms with van der Waals surface area (Å²) in [5, 5.41) is 6.68. The third kappa shape index (κ3) is 5.80. The third-order valence-corrected chi connectivity index (χ3v) is 4.81. The van der Waals surface area contributed by atoms with Crippen LogP contribution < -0.4 is 25.0 Å². The molecule has 0 unspecified atom stereocenters. The van der Waals surface area contributed by atoms with Gasteiger partial charge in [-0.05, 0) is 72.7 Å². The Morgan fingerprint density at radius 3 is 2.47 bits per heavy atom. The monoisotopic (exact) mass is 457 g/mol. The quantitative estimate of drug-likeness (QED) is 0.305. The van der Waals surface area contributed by atoms with Gasteiger partial charge in [-0.1, -0.05) is 24.3 Å². The zero-order valence-corrected chi connectivity index (χ0v) is 18.5. The Kier molecular flexibility index (Phi) is 7.19. The van der Waals surface area contributed by atoms with Crippen LogP contribution in [-0.4, -0.2) is 31.4 Å². The molecule has 1 aliphatic heterocycles. The highest BCUT2D eigenvalue weighted by molar-refractivity contribution is 6.05. The van der Waals surface area contributed by atoms with Crippen LogP contribution in [0.2, 0.25) is 0 Å². The first kappa shape index (κ1) is 22.6. The molecule has 0 radical (unpaired) electrons. The number of hydrazone groups is 1. The Morgan fingerprint density at radius 2 is 1.71 bits per heavy atom. The highest BCUT2D eigenvalue weighted by Crippen LogP contribution is 2.33. The standard InChI is InChI=1S/C26H23N3O5/c1-2-32-21-11-8-18(9-12-21)16-27-29-26(31)22(28-25(30)20-6-4-3-5-7-20)14-19-10-13-23-24(15-19)34-17-33-23/h3-16H,2,17H2,1H3,(H,28,30)(H,29,31). The number of carbonyl (C=O) groups is 2. The summed E-state index contributed by atoms with van der Waals surface area (Å²) in [5.41, 5.74) is 4.33. The van der Waals surface area contributed by atoms with E-state index < -0.39 is 11.8 Å². The third-order valence-electron chi connectivity index (χ3n) is 4.81. The lowest BCUT2D eigenvalue weighted by Crippen LogP contribution is -2.32. The van der Waals surface area contributed by atoms with Crippen molar-refractivity contribution in [3.8, 4) is 17.2 Å². The zero-order valence-electron chi connectivity index (χ0n) is 18.5. The highest BCUT2D eigenvalue weighted by atomic mass is 16.7. The van der Waals surface area contributed by atoms with Gasteiger partial charge in [-0.2, -0.15) is 5.10 Å². The number of hydrogen-bond acceptors (Lipinski definition) is 6. The van der Waals surface area contributed by atoms with Gasteiger partial charge in [-0.15, -0.1) is 0 Å². The predicted molar refractivity (Wildman–Crippen MR) is 128 cm³/mol. The maximum atomic E-state index is 12.9. The maximum absolute atomic E-state index is 12.9. The molecule has 3 aromatic carbocycles. The molecule has 8 heteroatoms. The Bertz CT molecular complexity index is 1220. The Morgan fingerprint density at radius 1 is 0.971 bits per heavy atom.